The predicted molar refractivity (Wildman–Crippen MR) is 109 cm³/mol. The summed E-state index contributed by atoms with van der Waals surface area (Å²) in [5.41, 5.74) is 3.45. The van der Waals surface area contributed by atoms with Crippen molar-refractivity contribution in [3.63, 3.8) is 0 Å². The Hall–Kier alpha value is -0.920. The lowest BCUT2D eigenvalue weighted by atomic mass is 10.1. The van der Waals surface area contributed by atoms with E-state index in [1.807, 2.05) is 17.7 Å². The number of nitrogens with zero attached hydrogens (tertiary/aromatic N) is 2. The third kappa shape index (κ3) is 5.58. The Morgan fingerprint density at radius 3 is 2.26 bits per heavy atom. The van der Waals surface area contributed by atoms with Crippen molar-refractivity contribution >= 4 is 53.1 Å². The van der Waals surface area contributed by atoms with Gasteiger partial charge in [-0.05, 0) is 18.6 Å². The Morgan fingerprint density at radius 1 is 1.13 bits per heavy atom. The van der Waals surface area contributed by atoms with Crippen LogP contribution >= 0.6 is 47.2 Å². The number of guanidine groups is 1. The first kappa shape index (κ1) is 20.1. The fourth-order valence-electron chi connectivity index (χ4n) is 2.05. The zero-order valence-corrected chi connectivity index (χ0v) is 17.2. The number of aliphatic imine (C=N–C) groups is 1. The van der Waals surface area contributed by atoms with Crippen molar-refractivity contribution in [3.05, 3.63) is 57.3 Å². The first-order chi connectivity index (χ1) is 10.5. The van der Waals surface area contributed by atoms with Gasteiger partial charge in [0.2, 0.25) is 0 Å². The van der Waals surface area contributed by atoms with Crippen LogP contribution in [0.5, 0.6) is 0 Å². The summed E-state index contributed by atoms with van der Waals surface area (Å²) in [5.74, 6) is 0.731. The van der Waals surface area contributed by atoms with Crippen LogP contribution in [0.1, 0.15) is 16.8 Å². The lowest BCUT2D eigenvalue weighted by Crippen LogP contribution is -2.36. The molecule has 1 aromatic carbocycles. The van der Waals surface area contributed by atoms with E-state index in [0.29, 0.717) is 23.3 Å². The Balaban J connectivity index is 0.00000264. The zero-order valence-electron chi connectivity index (χ0n) is 13.4. The van der Waals surface area contributed by atoms with Crippen LogP contribution in [0, 0.1) is 6.92 Å². The summed E-state index contributed by atoms with van der Waals surface area (Å²) in [5, 5.41) is 7.63. The molecule has 2 aromatic rings. The fourth-order valence-corrected chi connectivity index (χ4v) is 2.46. The summed E-state index contributed by atoms with van der Waals surface area (Å²) < 4.78 is 1.85. The van der Waals surface area contributed by atoms with E-state index in [4.69, 9.17) is 23.2 Å². The van der Waals surface area contributed by atoms with E-state index in [1.54, 1.807) is 7.05 Å². The Bertz CT molecular complexity index is 665. The van der Waals surface area contributed by atoms with Crippen LogP contribution in [0.2, 0.25) is 10.2 Å². The standard InChI is InChI=1S/C16H20Cl2N4.HI/c1-11-4-6-12(7-5-11)9-20-16(19-2)21-10-13-8-14(17)15(18)22(13)3;/h4-8H,9-10H2,1-3H3,(H2,19,20,21);1H. The van der Waals surface area contributed by atoms with E-state index in [0.717, 1.165) is 11.7 Å². The number of aromatic nitrogens is 1. The average molecular weight is 467 g/mol. The van der Waals surface area contributed by atoms with Gasteiger partial charge >= 0.3 is 0 Å². The van der Waals surface area contributed by atoms with Crippen LogP contribution in [-0.2, 0) is 20.1 Å². The first-order valence-electron chi connectivity index (χ1n) is 7.01. The van der Waals surface area contributed by atoms with Gasteiger partial charge in [-0.3, -0.25) is 4.99 Å². The first-order valence-corrected chi connectivity index (χ1v) is 7.76. The topological polar surface area (TPSA) is 41.4 Å². The van der Waals surface area contributed by atoms with Crippen molar-refractivity contribution in [1.82, 2.24) is 15.2 Å². The average Bonchev–Trinajstić information content (AvgIpc) is 2.76. The summed E-state index contributed by atoms with van der Waals surface area (Å²) in [7, 11) is 3.63. The number of aryl methyl sites for hydroxylation is 1. The van der Waals surface area contributed by atoms with Crippen LogP contribution in [-0.4, -0.2) is 17.6 Å². The van der Waals surface area contributed by atoms with E-state index in [2.05, 4.69) is 46.8 Å². The molecule has 0 radical (unpaired) electrons. The molecule has 2 N–H and O–H groups in total. The van der Waals surface area contributed by atoms with E-state index >= 15 is 0 Å². The van der Waals surface area contributed by atoms with Gasteiger partial charge in [0.05, 0.1) is 11.6 Å². The summed E-state index contributed by atoms with van der Waals surface area (Å²) in [4.78, 5) is 4.21. The van der Waals surface area contributed by atoms with Crippen LogP contribution < -0.4 is 10.6 Å². The van der Waals surface area contributed by atoms with Gasteiger partial charge in [-0.2, -0.15) is 0 Å². The number of rotatable bonds is 4. The lowest BCUT2D eigenvalue weighted by molar-refractivity contribution is 0.750. The molecule has 0 aliphatic rings. The maximum absolute atomic E-state index is 6.06. The quantitative estimate of drug-likeness (QED) is 0.404. The normalized spacial score (nSPS) is 11.1. The summed E-state index contributed by atoms with van der Waals surface area (Å²) in [6.45, 7) is 3.39. The van der Waals surface area contributed by atoms with Crippen LogP contribution in [0.3, 0.4) is 0 Å². The molecule has 23 heavy (non-hydrogen) atoms. The third-order valence-corrected chi connectivity index (χ3v) is 4.30. The lowest BCUT2D eigenvalue weighted by Gasteiger charge is -2.12. The molecule has 0 spiro atoms. The molecular weight excluding hydrogens is 446 g/mol. The van der Waals surface area contributed by atoms with Gasteiger partial charge < -0.3 is 15.2 Å². The highest BCUT2D eigenvalue weighted by Crippen LogP contribution is 2.24. The molecule has 7 heteroatoms. The van der Waals surface area contributed by atoms with Crippen molar-refractivity contribution in [1.29, 1.82) is 0 Å². The molecule has 0 atom stereocenters. The zero-order chi connectivity index (χ0) is 16.1. The van der Waals surface area contributed by atoms with Gasteiger partial charge in [0.25, 0.3) is 0 Å². The SMILES string of the molecule is CN=C(NCc1ccc(C)cc1)NCc1cc(Cl)c(Cl)n1C.I. The summed E-state index contributed by atoms with van der Waals surface area (Å²) in [6.07, 6.45) is 0. The molecule has 0 aliphatic carbocycles. The second-order valence-corrected chi connectivity index (χ2v) is 5.86. The van der Waals surface area contributed by atoms with Crippen molar-refractivity contribution in [2.24, 2.45) is 12.0 Å². The van der Waals surface area contributed by atoms with Gasteiger partial charge in [0.1, 0.15) is 5.15 Å². The van der Waals surface area contributed by atoms with Crippen LogP contribution in [0.4, 0.5) is 0 Å². The third-order valence-electron chi connectivity index (χ3n) is 3.46. The minimum atomic E-state index is 0. The number of halogens is 3. The minimum absolute atomic E-state index is 0. The molecule has 0 unspecified atom stereocenters. The molecule has 0 saturated carbocycles. The van der Waals surface area contributed by atoms with E-state index < -0.39 is 0 Å². The minimum Gasteiger partial charge on any atom is -0.352 e. The molecule has 0 bridgehead atoms. The van der Waals surface area contributed by atoms with Gasteiger partial charge in [-0.1, -0.05) is 53.0 Å². The van der Waals surface area contributed by atoms with Gasteiger partial charge in [-0.25, -0.2) is 0 Å². The smallest absolute Gasteiger partial charge is 0.191 e. The Morgan fingerprint density at radius 2 is 1.74 bits per heavy atom. The van der Waals surface area contributed by atoms with Gasteiger partial charge in [0.15, 0.2) is 5.96 Å². The number of hydrogen-bond donors (Lipinski definition) is 2. The second kappa shape index (κ2) is 9.39. The highest BCUT2D eigenvalue weighted by molar-refractivity contribution is 14.0. The maximum atomic E-state index is 6.06. The Kier molecular flexibility index (Phi) is 8.22. The van der Waals surface area contributed by atoms with E-state index in [1.165, 1.54) is 11.1 Å². The molecular formula is C16H21Cl2IN4. The largest absolute Gasteiger partial charge is 0.352 e. The molecule has 126 valence electrons. The van der Waals surface area contributed by atoms with Gasteiger partial charge in [0, 0.05) is 26.3 Å². The van der Waals surface area contributed by atoms with Crippen molar-refractivity contribution in [2.75, 3.05) is 7.05 Å². The maximum Gasteiger partial charge on any atom is 0.191 e. The predicted octanol–water partition coefficient (Wildman–Crippen LogP) is 4.12. The number of nitrogens with one attached hydrogen (secondary N) is 2. The molecule has 0 fully saturated rings. The molecule has 0 saturated heterocycles. The molecule has 1 aromatic heterocycles. The Labute approximate surface area is 164 Å². The summed E-state index contributed by atoms with van der Waals surface area (Å²) in [6, 6.07) is 10.3. The molecule has 2 rings (SSSR count). The van der Waals surface area contributed by atoms with Crippen molar-refractivity contribution < 1.29 is 0 Å². The number of benzene rings is 1. The molecule has 0 aliphatic heterocycles. The highest BCUT2D eigenvalue weighted by Gasteiger charge is 2.09. The van der Waals surface area contributed by atoms with E-state index in [9.17, 15) is 0 Å². The van der Waals surface area contributed by atoms with Gasteiger partial charge in [-0.15, -0.1) is 24.0 Å². The molecule has 4 nitrogen and oxygen atoms in total. The molecule has 1 heterocycles. The van der Waals surface area contributed by atoms with Crippen LogP contribution in [0.25, 0.3) is 0 Å². The highest BCUT2D eigenvalue weighted by atomic mass is 127. The van der Waals surface area contributed by atoms with Crippen LogP contribution in [0.15, 0.2) is 35.3 Å². The molecule has 0 amide bonds. The number of hydrogen-bond acceptors (Lipinski definition) is 1. The summed E-state index contributed by atoms with van der Waals surface area (Å²) >= 11 is 12.1. The van der Waals surface area contributed by atoms with Crippen molar-refractivity contribution in [2.45, 2.75) is 20.0 Å². The second-order valence-electron chi connectivity index (χ2n) is 5.10. The van der Waals surface area contributed by atoms with Crippen molar-refractivity contribution in [3.8, 4) is 0 Å². The monoisotopic (exact) mass is 466 g/mol. The fraction of sp³-hybridized carbons (Fsp3) is 0.312. The van der Waals surface area contributed by atoms with E-state index in [-0.39, 0.29) is 24.0 Å².